The average molecular weight is 424 g/mol. The molecule has 0 spiro atoms. The van der Waals surface area contributed by atoms with Crippen LogP contribution in [0.4, 0.5) is 5.69 Å². The second-order valence-corrected chi connectivity index (χ2v) is 7.01. The Morgan fingerprint density at radius 3 is 2.28 bits per heavy atom. The van der Waals surface area contributed by atoms with E-state index >= 15 is 0 Å². The standard InChI is InChI=1S/C22H18ClN3O2S/c23-18-11-9-16(10-12-18)21(28)26-22(29)25-19-8-4-7-17(13-19)20(27)24-14-15-5-2-1-3-6-15/h1-13H,14H2,(H,24,27)(H2,25,26,28,29). The summed E-state index contributed by atoms with van der Waals surface area (Å²) in [4.78, 5) is 24.6. The lowest BCUT2D eigenvalue weighted by Crippen LogP contribution is -2.34. The van der Waals surface area contributed by atoms with Crippen LogP contribution >= 0.6 is 23.8 Å². The molecule has 3 aromatic rings. The van der Waals surface area contributed by atoms with Crippen LogP contribution in [0.5, 0.6) is 0 Å². The van der Waals surface area contributed by atoms with Gasteiger partial charge in [0.2, 0.25) is 0 Å². The van der Waals surface area contributed by atoms with Crippen molar-refractivity contribution in [3.8, 4) is 0 Å². The number of benzene rings is 3. The third-order valence-corrected chi connectivity index (χ3v) is 4.47. The van der Waals surface area contributed by atoms with Gasteiger partial charge in [-0.25, -0.2) is 0 Å². The van der Waals surface area contributed by atoms with Gasteiger partial charge >= 0.3 is 0 Å². The molecule has 3 aromatic carbocycles. The number of anilines is 1. The number of carbonyl (C=O) groups excluding carboxylic acids is 2. The van der Waals surface area contributed by atoms with Crippen molar-refractivity contribution in [2.45, 2.75) is 6.54 Å². The first-order valence-electron chi connectivity index (χ1n) is 8.81. The molecule has 7 heteroatoms. The van der Waals surface area contributed by atoms with Gasteiger partial charge in [0.1, 0.15) is 0 Å². The summed E-state index contributed by atoms with van der Waals surface area (Å²) in [5.41, 5.74) is 2.53. The molecule has 0 atom stereocenters. The van der Waals surface area contributed by atoms with Crippen molar-refractivity contribution in [1.29, 1.82) is 0 Å². The van der Waals surface area contributed by atoms with E-state index in [-0.39, 0.29) is 16.9 Å². The Balaban J connectivity index is 1.57. The molecule has 3 rings (SSSR count). The highest BCUT2D eigenvalue weighted by Gasteiger charge is 2.10. The topological polar surface area (TPSA) is 70.2 Å². The summed E-state index contributed by atoms with van der Waals surface area (Å²) < 4.78 is 0. The lowest BCUT2D eigenvalue weighted by molar-refractivity contribution is 0.0948. The monoisotopic (exact) mass is 423 g/mol. The molecule has 5 nitrogen and oxygen atoms in total. The molecule has 29 heavy (non-hydrogen) atoms. The number of hydrogen-bond donors (Lipinski definition) is 3. The number of thiocarbonyl (C=S) groups is 1. The van der Waals surface area contributed by atoms with Gasteiger partial charge in [-0.2, -0.15) is 0 Å². The van der Waals surface area contributed by atoms with Crippen LogP contribution in [-0.2, 0) is 6.54 Å². The van der Waals surface area contributed by atoms with Crippen LogP contribution in [0, 0.1) is 0 Å². The highest BCUT2D eigenvalue weighted by molar-refractivity contribution is 7.80. The van der Waals surface area contributed by atoms with E-state index in [0.717, 1.165) is 5.56 Å². The van der Waals surface area contributed by atoms with Gasteiger partial charge in [-0.05, 0) is 60.2 Å². The van der Waals surface area contributed by atoms with Crippen molar-refractivity contribution in [2.75, 3.05) is 5.32 Å². The fourth-order valence-electron chi connectivity index (χ4n) is 2.56. The minimum atomic E-state index is -0.351. The van der Waals surface area contributed by atoms with Crippen molar-refractivity contribution >= 4 is 46.4 Å². The number of hydrogen-bond acceptors (Lipinski definition) is 3. The third kappa shape index (κ3) is 6.14. The summed E-state index contributed by atoms with van der Waals surface area (Å²) in [5.74, 6) is -0.551. The maximum absolute atomic E-state index is 12.4. The van der Waals surface area contributed by atoms with Gasteiger partial charge in [0.05, 0.1) is 0 Å². The summed E-state index contributed by atoms with van der Waals surface area (Å²) in [6.45, 7) is 0.437. The predicted octanol–water partition coefficient (Wildman–Crippen LogP) is 4.40. The van der Waals surface area contributed by atoms with Crippen LogP contribution in [-0.4, -0.2) is 16.9 Å². The summed E-state index contributed by atoms with van der Waals surface area (Å²) in [6, 6.07) is 23.0. The largest absolute Gasteiger partial charge is 0.348 e. The minimum Gasteiger partial charge on any atom is -0.348 e. The average Bonchev–Trinajstić information content (AvgIpc) is 2.73. The summed E-state index contributed by atoms with van der Waals surface area (Å²) in [5, 5.41) is 9.06. The number of amides is 2. The van der Waals surface area contributed by atoms with E-state index in [0.29, 0.717) is 28.4 Å². The van der Waals surface area contributed by atoms with Crippen molar-refractivity contribution in [3.05, 3.63) is 101 Å². The van der Waals surface area contributed by atoms with E-state index in [1.54, 1.807) is 48.5 Å². The number of halogens is 1. The molecule has 0 aliphatic carbocycles. The highest BCUT2D eigenvalue weighted by Crippen LogP contribution is 2.12. The first-order valence-corrected chi connectivity index (χ1v) is 9.60. The zero-order chi connectivity index (χ0) is 20.6. The smallest absolute Gasteiger partial charge is 0.257 e. The van der Waals surface area contributed by atoms with Gasteiger partial charge in [-0.3, -0.25) is 14.9 Å². The Labute approximate surface area is 179 Å². The lowest BCUT2D eigenvalue weighted by atomic mass is 10.1. The molecule has 0 aromatic heterocycles. The van der Waals surface area contributed by atoms with Gasteiger partial charge in [0.25, 0.3) is 11.8 Å². The Kier molecular flexibility index (Phi) is 6.94. The summed E-state index contributed by atoms with van der Waals surface area (Å²) in [6.07, 6.45) is 0. The van der Waals surface area contributed by atoms with Crippen LogP contribution in [0.1, 0.15) is 26.3 Å². The van der Waals surface area contributed by atoms with Gasteiger partial charge in [0.15, 0.2) is 5.11 Å². The van der Waals surface area contributed by atoms with Gasteiger partial charge in [-0.15, -0.1) is 0 Å². The Hall–Kier alpha value is -3.22. The summed E-state index contributed by atoms with van der Waals surface area (Å²) >= 11 is 11.0. The SMILES string of the molecule is O=C(NCc1ccccc1)c1cccc(NC(=S)NC(=O)c2ccc(Cl)cc2)c1. The molecular weight excluding hydrogens is 406 g/mol. The lowest BCUT2D eigenvalue weighted by Gasteiger charge is -2.11. The van der Waals surface area contributed by atoms with E-state index in [9.17, 15) is 9.59 Å². The van der Waals surface area contributed by atoms with Crippen molar-refractivity contribution in [2.24, 2.45) is 0 Å². The maximum atomic E-state index is 12.4. The van der Waals surface area contributed by atoms with E-state index in [4.69, 9.17) is 23.8 Å². The van der Waals surface area contributed by atoms with Gasteiger partial charge < -0.3 is 10.6 Å². The number of carbonyl (C=O) groups is 2. The maximum Gasteiger partial charge on any atom is 0.257 e. The van der Waals surface area contributed by atoms with E-state index in [1.807, 2.05) is 30.3 Å². The zero-order valence-electron chi connectivity index (χ0n) is 15.3. The summed E-state index contributed by atoms with van der Waals surface area (Å²) in [7, 11) is 0. The molecule has 0 bridgehead atoms. The molecule has 0 heterocycles. The number of nitrogens with one attached hydrogen (secondary N) is 3. The highest BCUT2D eigenvalue weighted by atomic mass is 35.5. The molecule has 3 N–H and O–H groups in total. The van der Waals surface area contributed by atoms with Crippen LogP contribution < -0.4 is 16.0 Å². The van der Waals surface area contributed by atoms with E-state index in [2.05, 4.69) is 16.0 Å². The first-order chi connectivity index (χ1) is 14.0. The Morgan fingerprint density at radius 2 is 1.55 bits per heavy atom. The Bertz CT molecular complexity index is 1020. The molecule has 0 unspecified atom stereocenters. The fourth-order valence-corrected chi connectivity index (χ4v) is 2.89. The fraction of sp³-hybridized carbons (Fsp3) is 0.0455. The molecule has 146 valence electrons. The second kappa shape index (κ2) is 9.82. The second-order valence-electron chi connectivity index (χ2n) is 6.16. The zero-order valence-corrected chi connectivity index (χ0v) is 16.9. The molecule has 0 fully saturated rings. The number of rotatable bonds is 5. The normalized spacial score (nSPS) is 10.1. The first kappa shape index (κ1) is 20.5. The van der Waals surface area contributed by atoms with E-state index < -0.39 is 0 Å². The van der Waals surface area contributed by atoms with Crippen molar-refractivity contribution in [1.82, 2.24) is 10.6 Å². The van der Waals surface area contributed by atoms with Crippen LogP contribution in [0.2, 0.25) is 5.02 Å². The molecule has 0 radical (unpaired) electrons. The van der Waals surface area contributed by atoms with Gasteiger partial charge in [0, 0.05) is 28.4 Å². The molecule has 0 saturated heterocycles. The van der Waals surface area contributed by atoms with Crippen LogP contribution in [0.25, 0.3) is 0 Å². The molecule has 0 aliphatic rings. The predicted molar refractivity (Wildman–Crippen MR) is 119 cm³/mol. The van der Waals surface area contributed by atoms with Crippen molar-refractivity contribution < 1.29 is 9.59 Å². The van der Waals surface area contributed by atoms with Crippen molar-refractivity contribution in [3.63, 3.8) is 0 Å². The molecular formula is C22H18ClN3O2S. The van der Waals surface area contributed by atoms with Gasteiger partial charge in [-0.1, -0.05) is 48.0 Å². The molecule has 0 saturated carbocycles. The third-order valence-electron chi connectivity index (χ3n) is 4.01. The van der Waals surface area contributed by atoms with Crippen LogP contribution in [0.3, 0.4) is 0 Å². The van der Waals surface area contributed by atoms with E-state index in [1.165, 1.54) is 0 Å². The quantitative estimate of drug-likeness (QED) is 0.532. The Morgan fingerprint density at radius 1 is 0.828 bits per heavy atom. The molecule has 2 amide bonds. The molecule has 0 aliphatic heterocycles. The van der Waals surface area contributed by atoms with Crippen LogP contribution in [0.15, 0.2) is 78.9 Å². The minimum absolute atomic E-state index is 0.131.